The monoisotopic (exact) mass is 225 g/mol. The van der Waals surface area contributed by atoms with E-state index in [1.54, 1.807) is 7.05 Å². The van der Waals surface area contributed by atoms with Crippen LogP contribution in [0, 0.1) is 20.8 Å². The Bertz CT molecular complexity index is 385. The molecule has 0 amide bonds. The number of ether oxygens (including phenoxy) is 1. The number of aromatic nitrogens is 2. The number of nitrogens with one attached hydrogen (secondary N) is 1. The van der Waals surface area contributed by atoms with Crippen LogP contribution in [0.15, 0.2) is 0 Å². The van der Waals surface area contributed by atoms with Crippen LogP contribution in [0.5, 0.6) is 0 Å². The Balaban J connectivity index is 2.86. The number of nitrogens with zero attached hydrogens (tertiary/aromatic N) is 2. The molecule has 0 aromatic carbocycles. The van der Waals surface area contributed by atoms with Crippen LogP contribution in [-0.4, -0.2) is 35.9 Å². The van der Waals surface area contributed by atoms with Gasteiger partial charge in [0.2, 0.25) is 0 Å². The van der Waals surface area contributed by atoms with E-state index >= 15 is 0 Å². The predicted octanol–water partition coefficient (Wildman–Crippen LogP) is 0.569. The van der Waals surface area contributed by atoms with Crippen molar-refractivity contribution in [2.24, 2.45) is 0 Å². The average Bonchev–Trinajstić information content (AvgIpc) is 2.52. The van der Waals surface area contributed by atoms with Crippen molar-refractivity contribution < 1.29 is 9.53 Å². The zero-order valence-electron chi connectivity index (χ0n) is 10.5. The van der Waals surface area contributed by atoms with Gasteiger partial charge in [-0.05, 0) is 33.4 Å². The third-order valence-corrected chi connectivity index (χ3v) is 2.93. The molecule has 1 aromatic rings. The topological polar surface area (TPSA) is 56.2 Å². The molecule has 1 rings (SSSR count). The van der Waals surface area contributed by atoms with Crippen molar-refractivity contribution in [1.82, 2.24) is 15.1 Å². The minimum absolute atomic E-state index is 0.271. The van der Waals surface area contributed by atoms with Gasteiger partial charge in [0.15, 0.2) is 0 Å². The van der Waals surface area contributed by atoms with Gasteiger partial charge < -0.3 is 10.1 Å². The number of carbonyl (C=O) groups is 1. The van der Waals surface area contributed by atoms with Crippen molar-refractivity contribution in [3.05, 3.63) is 17.0 Å². The number of hydrogen-bond acceptors (Lipinski definition) is 4. The highest BCUT2D eigenvalue weighted by Gasteiger charge is 2.19. The van der Waals surface area contributed by atoms with Gasteiger partial charge in [-0.15, -0.1) is 0 Å². The first-order chi connectivity index (χ1) is 7.51. The maximum absolute atomic E-state index is 11.4. The molecule has 0 saturated carbocycles. The van der Waals surface area contributed by atoms with Crippen molar-refractivity contribution in [3.63, 3.8) is 0 Å². The second kappa shape index (κ2) is 5.12. The summed E-state index contributed by atoms with van der Waals surface area (Å²) in [5.74, 6) is -0.271. The summed E-state index contributed by atoms with van der Waals surface area (Å²) in [5.41, 5.74) is 3.25. The van der Waals surface area contributed by atoms with E-state index in [2.05, 4.69) is 10.4 Å². The molecule has 0 aliphatic heterocycles. The van der Waals surface area contributed by atoms with Crippen molar-refractivity contribution in [2.45, 2.75) is 33.4 Å². The first kappa shape index (κ1) is 12.7. The Morgan fingerprint density at radius 2 is 2.12 bits per heavy atom. The first-order valence-electron chi connectivity index (χ1n) is 5.27. The Morgan fingerprint density at radius 3 is 2.50 bits per heavy atom. The largest absolute Gasteiger partial charge is 0.468 e. The maximum Gasteiger partial charge on any atom is 0.324 e. The molecule has 5 heteroatoms. The standard InChI is InChI=1S/C11H19N3O2/c1-7-8(2)13-14(9(7)3)6-10(12-4)11(15)16-5/h10,12H,6H2,1-5H3. The van der Waals surface area contributed by atoms with Crippen molar-refractivity contribution in [2.75, 3.05) is 14.2 Å². The smallest absolute Gasteiger partial charge is 0.324 e. The average molecular weight is 225 g/mol. The summed E-state index contributed by atoms with van der Waals surface area (Å²) < 4.78 is 6.55. The van der Waals surface area contributed by atoms with E-state index in [1.807, 2.05) is 25.5 Å². The van der Waals surface area contributed by atoms with E-state index < -0.39 is 0 Å². The number of rotatable bonds is 4. The fourth-order valence-electron chi connectivity index (χ4n) is 1.56. The predicted molar refractivity (Wildman–Crippen MR) is 61.3 cm³/mol. The van der Waals surface area contributed by atoms with Crippen LogP contribution < -0.4 is 5.32 Å². The van der Waals surface area contributed by atoms with E-state index in [0.717, 1.165) is 11.4 Å². The third kappa shape index (κ3) is 2.41. The summed E-state index contributed by atoms with van der Waals surface area (Å²) in [6, 6.07) is -0.359. The molecular formula is C11H19N3O2. The normalized spacial score (nSPS) is 12.6. The van der Waals surface area contributed by atoms with Crippen molar-refractivity contribution in [1.29, 1.82) is 0 Å². The highest BCUT2D eigenvalue weighted by atomic mass is 16.5. The van der Waals surface area contributed by atoms with Crippen LogP contribution in [0.2, 0.25) is 0 Å². The van der Waals surface area contributed by atoms with Gasteiger partial charge in [0.1, 0.15) is 6.04 Å². The van der Waals surface area contributed by atoms with Gasteiger partial charge in [-0.1, -0.05) is 0 Å². The Kier molecular flexibility index (Phi) is 4.06. The van der Waals surface area contributed by atoms with Crippen molar-refractivity contribution in [3.8, 4) is 0 Å². The minimum Gasteiger partial charge on any atom is -0.468 e. The fraction of sp³-hybridized carbons (Fsp3) is 0.636. The maximum atomic E-state index is 11.4. The summed E-state index contributed by atoms with van der Waals surface area (Å²) in [6.07, 6.45) is 0. The van der Waals surface area contributed by atoms with Gasteiger partial charge in [-0.25, -0.2) is 0 Å². The van der Waals surface area contributed by atoms with E-state index in [1.165, 1.54) is 12.7 Å². The number of likely N-dealkylation sites (N-methyl/N-ethyl adjacent to an activating group) is 1. The van der Waals surface area contributed by atoms with Crippen LogP contribution in [-0.2, 0) is 16.1 Å². The number of hydrogen-bond donors (Lipinski definition) is 1. The summed E-state index contributed by atoms with van der Waals surface area (Å²) >= 11 is 0. The van der Waals surface area contributed by atoms with Gasteiger partial charge in [-0.2, -0.15) is 5.10 Å². The summed E-state index contributed by atoms with van der Waals surface area (Å²) in [5, 5.41) is 7.30. The van der Waals surface area contributed by atoms with Gasteiger partial charge in [-0.3, -0.25) is 9.48 Å². The Hall–Kier alpha value is -1.36. The minimum atomic E-state index is -0.359. The molecule has 0 spiro atoms. The molecule has 1 atom stereocenters. The molecule has 0 saturated heterocycles. The van der Waals surface area contributed by atoms with Crippen molar-refractivity contribution >= 4 is 5.97 Å². The van der Waals surface area contributed by atoms with E-state index in [9.17, 15) is 4.79 Å². The van der Waals surface area contributed by atoms with Crippen LogP contribution in [0.4, 0.5) is 0 Å². The summed E-state index contributed by atoms with van der Waals surface area (Å²) in [7, 11) is 3.12. The molecule has 1 heterocycles. The molecular weight excluding hydrogens is 206 g/mol. The zero-order valence-corrected chi connectivity index (χ0v) is 10.5. The lowest BCUT2D eigenvalue weighted by atomic mass is 10.2. The molecule has 90 valence electrons. The lowest BCUT2D eigenvalue weighted by Crippen LogP contribution is -2.39. The molecule has 0 fully saturated rings. The van der Waals surface area contributed by atoms with Crippen LogP contribution in [0.3, 0.4) is 0 Å². The third-order valence-electron chi connectivity index (χ3n) is 2.93. The van der Waals surface area contributed by atoms with E-state index in [4.69, 9.17) is 4.74 Å². The molecule has 0 aliphatic rings. The van der Waals surface area contributed by atoms with Gasteiger partial charge in [0.25, 0.3) is 0 Å². The molecule has 1 N–H and O–H groups in total. The van der Waals surface area contributed by atoms with Gasteiger partial charge in [0, 0.05) is 5.69 Å². The van der Waals surface area contributed by atoms with Gasteiger partial charge >= 0.3 is 5.97 Å². The van der Waals surface area contributed by atoms with Gasteiger partial charge in [0.05, 0.1) is 19.3 Å². The second-order valence-corrected chi connectivity index (χ2v) is 3.84. The molecule has 0 aliphatic carbocycles. The number of esters is 1. The highest BCUT2D eigenvalue weighted by molar-refractivity contribution is 5.75. The fourth-order valence-corrected chi connectivity index (χ4v) is 1.56. The molecule has 0 radical (unpaired) electrons. The van der Waals surface area contributed by atoms with E-state index in [-0.39, 0.29) is 12.0 Å². The Morgan fingerprint density at radius 1 is 1.50 bits per heavy atom. The molecule has 1 unspecified atom stereocenters. The van der Waals surface area contributed by atoms with Crippen LogP contribution >= 0.6 is 0 Å². The van der Waals surface area contributed by atoms with E-state index in [0.29, 0.717) is 6.54 Å². The second-order valence-electron chi connectivity index (χ2n) is 3.84. The SMILES string of the molecule is CNC(Cn1nc(C)c(C)c1C)C(=O)OC. The Labute approximate surface area is 95.8 Å². The molecule has 1 aromatic heterocycles. The van der Waals surface area contributed by atoms with Crippen LogP contribution in [0.1, 0.15) is 17.0 Å². The highest BCUT2D eigenvalue weighted by Crippen LogP contribution is 2.11. The molecule has 5 nitrogen and oxygen atoms in total. The summed E-state index contributed by atoms with van der Waals surface area (Å²) in [6.45, 7) is 6.48. The van der Waals surface area contributed by atoms with Crippen LogP contribution in [0.25, 0.3) is 0 Å². The zero-order chi connectivity index (χ0) is 12.3. The molecule has 16 heavy (non-hydrogen) atoms. The first-order valence-corrected chi connectivity index (χ1v) is 5.27. The lowest BCUT2D eigenvalue weighted by Gasteiger charge is -2.14. The number of aryl methyl sites for hydroxylation is 1. The summed E-state index contributed by atoms with van der Waals surface area (Å²) in [4.78, 5) is 11.4. The number of methoxy groups -OCH3 is 1. The number of carbonyl (C=O) groups excluding carboxylic acids is 1. The quantitative estimate of drug-likeness (QED) is 0.761. The molecule has 0 bridgehead atoms. The lowest BCUT2D eigenvalue weighted by molar-refractivity contribution is -0.143.